The molecule has 0 saturated carbocycles. The molecule has 1 unspecified atom stereocenters. The van der Waals surface area contributed by atoms with Crippen LogP contribution >= 0.6 is 0 Å². The Morgan fingerprint density at radius 3 is 2.42 bits per heavy atom. The molecule has 0 radical (unpaired) electrons. The van der Waals surface area contributed by atoms with Crippen LogP contribution in [0.15, 0.2) is 30.3 Å². The molecule has 0 fully saturated rings. The van der Waals surface area contributed by atoms with Crippen LogP contribution in [-0.2, 0) is 15.4 Å². The predicted molar refractivity (Wildman–Crippen MR) is 75.1 cm³/mol. The maximum Gasteiger partial charge on any atom is 0.148 e. The zero-order valence-corrected chi connectivity index (χ0v) is 12.0. The Morgan fingerprint density at radius 2 is 1.95 bits per heavy atom. The van der Waals surface area contributed by atoms with Crippen molar-refractivity contribution in [2.24, 2.45) is 5.73 Å². The van der Waals surface area contributed by atoms with Gasteiger partial charge in [0, 0.05) is 19.3 Å². The van der Waals surface area contributed by atoms with E-state index in [0.717, 1.165) is 5.56 Å². The molecule has 19 heavy (non-hydrogen) atoms. The van der Waals surface area contributed by atoms with Crippen molar-refractivity contribution in [2.75, 3.05) is 32.1 Å². The molecule has 1 aromatic carbocycles. The second kappa shape index (κ2) is 6.15. The lowest BCUT2D eigenvalue weighted by atomic mass is 9.92. The Labute approximate surface area is 114 Å². The molecule has 5 nitrogen and oxygen atoms in total. The summed E-state index contributed by atoms with van der Waals surface area (Å²) in [5.74, 6) is 0.0554. The van der Waals surface area contributed by atoms with Crippen LogP contribution in [0.4, 0.5) is 0 Å². The SMILES string of the molecule is CN(CCS(C)(=O)=O)CC(N)(C#N)c1ccccc1. The quantitative estimate of drug-likeness (QED) is 0.812. The Morgan fingerprint density at radius 1 is 1.37 bits per heavy atom. The lowest BCUT2D eigenvalue weighted by Gasteiger charge is -2.27. The molecule has 0 spiro atoms. The van der Waals surface area contributed by atoms with Crippen molar-refractivity contribution in [1.82, 2.24) is 4.90 Å². The van der Waals surface area contributed by atoms with Gasteiger partial charge >= 0.3 is 0 Å². The average molecular weight is 281 g/mol. The van der Waals surface area contributed by atoms with Crippen LogP contribution in [0.25, 0.3) is 0 Å². The van der Waals surface area contributed by atoms with Gasteiger partial charge in [0.1, 0.15) is 15.4 Å². The van der Waals surface area contributed by atoms with Crippen molar-refractivity contribution in [3.8, 4) is 6.07 Å². The van der Waals surface area contributed by atoms with E-state index in [4.69, 9.17) is 5.73 Å². The van der Waals surface area contributed by atoms with Gasteiger partial charge in [0.2, 0.25) is 0 Å². The molecule has 0 aliphatic carbocycles. The van der Waals surface area contributed by atoms with E-state index in [1.165, 1.54) is 6.26 Å². The summed E-state index contributed by atoms with van der Waals surface area (Å²) < 4.78 is 22.2. The molecule has 0 saturated heterocycles. The second-order valence-corrected chi connectivity index (χ2v) is 7.08. The average Bonchev–Trinajstić information content (AvgIpc) is 2.36. The van der Waals surface area contributed by atoms with E-state index in [-0.39, 0.29) is 12.3 Å². The minimum absolute atomic E-state index is 0.0554. The van der Waals surface area contributed by atoms with Gasteiger partial charge in [-0.25, -0.2) is 8.42 Å². The van der Waals surface area contributed by atoms with Gasteiger partial charge in [-0.05, 0) is 12.6 Å². The third-order valence-electron chi connectivity index (χ3n) is 2.85. The van der Waals surface area contributed by atoms with Crippen LogP contribution in [0.3, 0.4) is 0 Å². The normalized spacial score (nSPS) is 14.9. The molecule has 1 atom stereocenters. The summed E-state index contributed by atoms with van der Waals surface area (Å²) in [5.41, 5.74) is 5.70. The van der Waals surface area contributed by atoms with E-state index in [0.29, 0.717) is 6.54 Å². The highest BCUT2D eigenvalue weighted by atomic mass is 32.2. The third-order valence-corrected chi connectivity index (χ3v) is 3.78. The van der Waals surface area contributed by atoms with E-state index in [1.54, 1.807) is 24.1 Å². The fourth-order valence-electron chi connectivity index (χ4n) is 1.75. The van der Waals surface area contributed by atoms with Gasteiger partial charge in [-0.2, -0.15) is 5.26 Å². The number of nitriles is 1. The lowest BCUT2D eigenvalue weighted by Crippen LogP contribution is -2.46. The lowest BCUT2D eigenvalue weighted by molar-refractivity contribution is 0.295. The number of hydrogen-bond donors (Lipinski definition) is 1. The van der Waals surface area contributed by atoms with Crippen molar-refractivity contribution in [2.45, 2.75) is 5.54 Å². The summed E-state index contributed by atoms with van der Waals surface area (Å²) in [4.78, 5) is 1.76. The summed E-state index contributed by atoms with van der Waals surface area (Å²) in [6.07, 6.45) is 1.19. The predicted octanol–water partition coefficient (Wildman–Crippen LogP) is 0.341. The number of nitrogens with zero attached hydrogens (tertiary/aromatic N) is 2. The molecular formula is C13H19N3O2S. The maximum atomic E-state index is 11.1. The number of rotatable bonds is 6. The van der Waals surface area contributed by atoms with Gasteiger partial charge < -0.3 is 10.6 Å². The molecule has 1 aromatic rings. The molecule has 0 bridgehead atoms. The standard InChI is InChI=1S/C13H19N3O2S/c1-16(8-9-19(2,17)18)11-13(15,10-14)12-6-4-3-5-7-12/h3-7H,8-9,11,15H2,1-2H3. The van der Waals surface area contributed by atoms with Gasteiger partial charge in [0.15, 0.2) is 0 Å². The highest BCUT2D eigenvalue weighted by Gasteiger charge is 2.28. The van der Waals surface area contributed by atoms with Crippen LogP contribution in [0.5, 0.6) is 0 Å². The first kappa shape index (κ1) is 15.6. The molecule has 104 valence electrons. The van der Waals surface area contributed by atoms with E-state index in [1.807, 2.05) is 18.2 Å². The van der Waals surface area contributed by atoms with Crippen molar-refractivity contribution in [3.05, 3.63) is 35.9 Å². The fraction of sp³-hybridized carbons (Fsp3) is 0.462. The van der Waals surface area contributed by atoms with Gasteiger partial charge in [-0.15, -0.1) is 0 Å². The largest absolute Gasteiger partial charge is 0.309 e. The topological polar surface area (TPSA) is 87.2 Å². The van der Waals surface area contributed by atoms with Gasteiger partial charge in [0.25, 0.3) is 0 Å². The van der Waals surface area contributed by atoms with Gasteiger partial charge in [0.05, 0.1) is 11.8 Å². The van der Waals surface area contributed by atoms with Gasteiger partial charge in [-0.1, -0.05) is 30.3 Å². The highest BCUT2D eigenvalue weighted by Crippen LogP contribution is 2.18. The van der Waals surface area contributed by atoms with Crippen molar-refractivity contribution in [3.63, 3.8) is 0 Å². The van der Waals surface area contributed by atoms with Gasteiger partial charge in [-0.3, -0.25) is 0 Å². The minimum Gasteiger partial charge on any atom is -0.309 e. The van der Waals surface area contributed by atoms with Crippen molar-refractivity contribution >= 4 is 9.84 Å². The van der Waals surface area contributed by atoms with E-state index in [2.05, 4.69) is 6.07 Å². The molecule has 0 aromatic heterocycles. The van der Waals surface area contributed by atoms with E-state index < -0.39 is 15.4 Å². The maximum absolute atomic E-state index is 11.1. The third kappa shape index (κ3) is 4.99. The fourth-order valence-corrected chi connectivity index (χ4v) is 2.40. The first-order chi connectivity index (χ1) is 8.77. The van der Waals surface area contributed by atoms with Crippen LogP contribution in [0, 0.1) is 11.3 Å². The second-order valence-electron chi connectivity index (χ2n) is 4.82. The summed E-state index contributed by atoms with van der Waals surface area (Å²) in [5, 5.41) is 9.30. The molecule has 6 heteroatoms. The highest BCUT2D eigenvalue weighted by molar-refractivity contribution is 7.90. The molecule has 2 N–H and O–H groups in total. The number of sulfone groups is 1. The minimum atomic E-state index is -3.01. The van der Waals surface area contributed by atoms with Crippen LogP contribution in [0.1, 0.15) is 5.56 Å². The smallest absolute Gasteiger partial charge is 0.148 e. The zero-order chi connectivity index (χ0) is 14.5. The summed E-state index contributed by atoms with van der Waals surface area (Å²) in [6, 6.07) is 11.2. The molecule has 0 amide bonds. The van der Waals surface area contributed by atoms with E-state index >= 15 is 0 Å². The number of nitrogens with two attached hydrogens (primary N) is 1. The summed E-state index contributed by atoms with van der Waals surface area (Å²) in [7, 11) is -1.25. The number of hydrogen-bond acceptors (Lipinski definition) is 5. The Balaban J connectivity index is 2.75. The molecule has 0 aliphatic heterocycles. The van der Waals surface area contributed by atoms with Crippen LogP contribution in [0.2, 0.25) is 0 Å². The van der Waals surface area contributed by atoms with Crippen LogP contribution in [-0.4, -0.2) is 45.5 Å². The first-order valence-corrected chi connectivity index (χ1v) is 7.95. The number of benzene rings is 1. The molecule has 1 rings (SSSR count). The van der Waals surface area contributed by atoms with Crippen molar-refractivity contribution < 1.29 is 8.42 Å². The van der Waals surface area contributed by atoms with Crippen molar-refractivity contribution in [1.29, 1.82) is 5.26 Å². The van der Waals surface area contributed by atoms with E-state index in [9.17, 15) is 13.7 Å². The monoisotopic (exact) mass is 281 g/mol. The summed E-state index contributed by atoms with van der Waals surface area (Å²) in [6.45, 7) is 0.634. The molecular weight excluding hydrogens is 262 g/mol. The summed E-state index contributed by atoms with van der Waals surface area (Å²) >= 11 is 0. The zero-order valence-electron chi connectivity index (χ0n) is 11.2. The Kier molecular flexibility index (Phi) is 5.06. The molecule has 0 aliphatic rings. The Bertz CT molecular complexity index is 551. The number of likely N-dealkylation sites (N-methyl/N-ethyl adjacent to an activating group) is 1. The van der Waals surface area contributed by atoms with Crippen LogP contribution < -0.4 is 5.73 Å². The molecule has 0 heterocycles. The first-order valence-electron chi connectivity index (χ1n) is 5.89. The Hall–Kier alpha value is -1.42.